The quantitative estimate of drug-likeness (QED) is 0.496. The average molecular weight is 439 g/mol. The number of epoxide rings is 2. The standard InChI is InChI=1S/C26H34N2O4/c1-2-3-4-20-15-22(7-10-26(20)32-19-25-18-31-25)28-13-11-27(12-14-28)21-5-8-23(9-6-21)29-16-24-17-30-24/h5-10,15,24-25H,2-4,11-14,16-19H2,1H3. The van der Waals surface area contributed by atoms with E-state index in [1.807, 2.05) is 0 Å². The number of benzene rings is 2. The number of rotatable bonds is 11. The van der Waals surface area contributed by atoms with Crippen LogP contribution in [0.5, 0.6) is 11.5 Å². The highest BCUT2D eigenvalue weighted by Crippen LogP contribution is 2.29. The normalized spacial score (nSPS) is 22.0. The molecule has 0 amide bonds. The molecule has 6 heteroatoms. The molecule has 3 saturated heterocycles. The second kappa shape index (κ2) is 10.0. The SMILES string of the molecule is CCCCc1cc(N2CCN(c3ccc(OCC4CO4)cc3)CC2)ccc1OCC1CO1. The molecule has 0 bridgehead atoms. The van der Waals surface area contributed by atoms with E-state index in [0.717, 1.165) is 57.3 Å². The van der Waals surface area contributed by atoms with E-state index in [0.29, 0.717) is 13.2 Å². The topological polar surface area (TPSA) is 50.0 Å². The summed E-state index contributed by atoms with van der Waals surface area (Å²) in [7, 11) is 0. The van der Waals surface area contributed by atoms with Crippen LogP contribution in [0.1, 0.15) is 25.3 Å². The van der Waals surface area contributed by atoms with Crippen LogP contribution in [0.3, 0.4) is 0 Å². The van der Waals surface area contributed by atoms with Gasteiger partial charge in [-0.25, -0.2) is 0 Å². The first-order valence-electron chi connectivity index (χ1n) is 12.0. The summed E-state index contributed by atoms with van der Waals surface area (Å²) in [5, 5.41) is 0. The fraction of sp³-hybridized carbons (Fsp3) is 0.538. The van der Waals surface area contributed by atoms with Crippen LogP contribution in [-0.4, -0.2) is 64.8 Å². The Hall–Kier alpha value is -2.44. The molecule has 3 heterocycles. The maximum Gasteiger partial charge on any atom is 0.122 e. The van der Waals surface area contributed by atoms with Gasteiger partial charge in [0.05, 0.1) is 13.2 Å². The number of unbranched alkanes of at least 4 members (excludes halogenated alkanes) is 1. The molecule has 172 valence electrons. The predicted octanol–water partition coefficient (Wildman–Crippen LogP) is 3.91. The first-order chi connectivity index (χ1) is 15.8. The molecular formula is C26H34N2O4. The van der Waals surface area contributed by atoms with E-state index in [1.54, 1.807) is 0 Å². The molecular weight excluding hydrogens is 404 g/mol. The zero-order valence-corrected chi connectivity index (χ0v) is 19.0. The van der Waals surface area contributed by atoms with Gasteiger partial charge in [0.15, 0.2) is 0 Å². The Morgan fingerprint density at radius 2 is 1.41 bits per heavy atom. The van der Waals surface area contributed by atoms with Crippen LogP contribution in [-0.2, 0) is 15.9 Å². The third-order valence-corrected chi connectivity index (χ3v) is 6.36. The van der Waals surface area contributed by atoms with Crippen molar-refractivity contribution in [1.29, 1.82) is 0 Å². The van der Waals surface area contributed by atoms with Crippen LogP contribution >= 0.6 is 0 Å². The number of piperazine rings is 1. The van der Waals surface area contributed by atoms with E-state index < -0.39 is 0 Å². The molecule has 32 heavy (non-hydrogen) atoms. The summed E-state index contributed by atoms with van der Waals surface area (Å²) in [4.78, 5) is 4.95. The average Bonchev–Trinajstić information content (AvgIpc) is 3.76. The largest absolute Gasteiger partial charge is 0.491 e. The molecule has 2 atom stereocenters. The zero-order valence-electron chi connectivity index (χ0n) is 19.0. The number of hydrogen-bond donors (Lipinski definition) is 0. The van der Waals surface area contributed by atoms with Crippen molar-refractivity contribution in [3.8, 4) is 11.5 Å². The van der Waals surface area contributed by atoms with Gasteiger partial charge in [-0.2, -0.15) is 0 Å². The summed E-state index contributed by atoms with van der Waals surface area (Å²) in [5.74, 6) is 1.94. The van der Waals surface area contributed by atoms with E-state index in [4.69, 9.17) is 18.9 Å². The molecule has 6 nitrogen and oxygen atoms in total. The smallest absolute Gasteiger partial charge is 0.122 e. The summed E-state index contributed by atoms with van der Waals surface area (Å²) < 4.78 is 22.3. The van der Waals surface area contributed by atoms with E-state index in [1.165, 1.54) is 29.8 Å². The third-order valence-electron chi connectivity index (χ3n) is 6.36. The van der Waals surface area contributed by atoms with Crippen molar-refractivity contribution in [1.82, 2.24) is 0 Å². The van der Waals surface area contributed by atoms with Gasteiger partial charge in [0, 0.05) is 37.6 Å². The highest BCUT2D eigenvalue weighted by atomic mass is 16.6. The number of nitrogens with zero attached hydrogens (tertiary/aromatic N) is 2. The molecule has 0 aromatic heterocycles. The Kier molecular flexibility index (Phi) is 6.69. The van der Waals surface area contributed by atoms with Gasteiger partial charge in [-0.15, -0.1) is 0 Å². The second-order valence-electron chi connectivity index (χ2n) is 8.90. The maximum atomic E-state index is 6.05. The van der Waals surface area contributed by atoms with Gasteiger partial charge in [-0.3, -0.25) is 0 Å². The first-order valence-corrected chi connectivity index (χ1v) is 12.0. The fourth-order valence-electron chi connectivity index (χ4n) is 4.14. The Balaban J connectivity index is 1.17. The van der Waals surface area contributed by atoms with Gasteiger partial charge in [-0.05, 0) is 60.9 Å². The van der Waals surface area contributed by atoms with Crippen molar-refractivity contribution in [2.75, 3.05) is 62.4 Å². The minimum atomic E-state index is 0.287. The van der Waals surface area contributed by atoms with E-state index in [9.17, 15) is 0 Å². The molecule has 2 aromatic carbocycles. The molecule has 3 aliphatic heterocycles. The van der Waals surface area contributed by atoms with Gasteiger partial charge in [0.1, 0.15) is 36.9 Å². The van der Waals surface area contributed by atoms with Crippen LogP contribution < -0.4 is 19.3 Å². The maximum absolute atomic E-state index is 6.05. The molecule has 0 saturated carbocycles. The van der Waals surface area contributed by atoms with Gasteiger partial charge in [-0.1, -0.05) is 13.3 Å². The fourth-order valence-corrected chi connectivity index (χ4v) is 4.14. The van der Waals surface area contributed by atoms with E-state index >= 15 is 0 Å². The molecule has 3 fully saturated rings. The lowest BCUT2D eigenvalue weighted by molar-refractivity contribution is 0.261. The predicted molar refractivity (Wildman–Crippen MR) is 126 cm³/mol. The lowest BCUT2D eigenvalue weighted by Gasteiger charge is -2.37. The van der Waals surface area contributed by atoms with Gasteiger partial charge in [0.2, 0.25) is 0 Å². The number of anilines is 2. The monoisotopic (exact) mass is 438 g/mol. The number of ether oxygens (including phenoxy) is 4. The van der Waals surface area contributed by atoms with Crippen LogP contribution in [0, 0.1) is 0 Å². The minimum absolute atomic E-state index is 0.287. The summed E-state index contributed by atoms with van der Waals surface area (Å²) in [6, 6.07) is 15.2. The summed E-state index contributed by atoms with van der Waals surface area (Å²) in [6.07, 6.45) is 4.01. The lowest BCUT2D eigenvalue weighted by Crippen LogP contribution is -2.46. The van der Waals surface area contributed by atoms with Gasteiger partial charge >= 0.3 is 0 Å². The Morgan fingerprint density at radius 1 is 0.812 bits per heavy atom. The van der Waals surface area contributed by atoms with Crippen molar-refractivity contribution in [3.63, 3.8) is 0 Å². The molecule has 2 aromatic rings. The summed E-state index contributed by atoms with van der Waals surface area (Å²) in [6.45, 7) is 9.26. The zero-order chi connectivity index (χ0) is 21.8. The van der Waals surface area contributed by atoms with E-state index in [-0.39, 0.29) is 12.2 Å². The van der Waals surface area contributed by atoms with Crippen molar-refractivity contribution < 1.29 is 18.9 Å². The highest BCUT2D eigenvalue weighted by Gasteiger charge is 2.24. The lowest BCUT2D eigenvalue weighted by atomic mass is 10.1. The molecule has 0 spiro atoms. The van der Waals surface area contributed by atoms with Gasteiger partial charge < -0.3 is 28.7 Å². The summed E-state index contributed by atoms with van der Waals surface area (Å²) in [5.41, 5.74) is 3.88. The number of hydrogen-bond acceptors (Lipinski definition) is 6. The van der Waals surface area contributed by atoms with Crippen molar-refractivity contribution >= 4 is 11.4 Å². The number of aryl methyl sites for hydroxylation is 1. The molecule has 5 rings (SSSR count). The summed E-state index contributed by atoms with van der Waals surface area (Å²) >= 11 is 0. The van der Waals surface area contributed by atoms with Gasteiger partial charge in [0.25, 0.3) is 0 Å². The Labute approximate surface area is 191 Å². The van der Waals surface area contributed by atoms with Crippen LogP contribution in [0.25, 0.3) is 0 Å². The molecule has 2 unspecified atom stereocenters. The molecule has 0 aliphatic carbocycles. The van der Waals surface area contributed by atoms with Crippen molar-refractivity contribution in [2.45, 2.75) is 38.4 Å². The van der Waals surface area contributed by atoms with Crippen molar-refractivity contribution in [3.05, 3.63) is 48.0 Å². The highest BCUT2D eigenvalue weighted by molar-refractivity contribution is 5.56. The molecule has 3 aliphatic rings. The second-order valence-corrected chi connectivity index (χ2v) is 8.90. The Bertz CT molecular complexity index is 872. The van der Waals surface area contributed by atoms with Crippen LogP contribution in [0.15, 0.2) is 42.5 Å². The molecule has 0 radical (unpaired) electrons. The Morgan fingerprint density at radius 3 is 2.03 bits per heavy atom. The first kappa shape index (κ1) is 21.4. The van der Waals surface area contributed by atoms with Crippen LogP contribution in [0.4, 0.5) is 11.4 Å². The third kappa shape index (κ3) is 5.67. The van der Waals surface area contributed by atoms with E-state index in [2.05, 4.69) is 59.2 Å². The van der Waals surface area contributed by atoms with Crippen molar-refractivity contribution in [2.24, 2.45) is 0 Å². The van der Waals surface area contributed by atoms with Crippen LogP contribution in [0.2, 0.25) is 0 Å². The minimum Gasteiger partial charge on any atom is -0.491 e. The molecule has 0 N–H and O–H groups in total.